The van der Waals surface area contributed by atoms with Gasteiger partial charge in [-0.25, -0.2) is 0 Å². The molecule has 1 rings (SSSR count). The van der Waals surface area contributed by atoms with E-state index in [2.05, 4.69) is 5.10 Å². The predicted octanol–water partition coefficient (Wildman–Crippen LogP) is 2.56. The molecule has 0 radical (unpaired) electrons. The van der Waals surface area contributed by atoms with Crippen molar-refractivity contribution >= 4 is 5.97 Å². The highest BCUT2D eigenvalue weighted by Gasteiger charge is 2.16. The second-order valence-corrected chi connectivity index (χ2v) is 4.30. The highest BCUT2D eigenvalue weighted by atomic mass is 16.6. The highest BCUT2D eigenvalue weighted by Crippen LogP contribution is 2.07. The third-order valence-electron chi connectivity index (χ3n) is 1.47. The lowest BCUT2D eigenvalue weighted by atomic mass is 10.2. The largest absolute Gasteiger partial charge is 0.459 e. The summed E-state index contributed by atoms with van der Waals surface area (Å²) in [7, 11) is 0. The van der Waals surface area contributed by atoms with Gasteiger partial charge in [-0.1, -0.05) is 13.8 Å². The van der Waals surface area contributed by atoms with E-state index < -0.39 is 5.60 Å². The minimum absolute atomic E-state index is 0.172. The van der Waals surface area contributed by atoms with Crippen molar-refractivity contribution < 1.29 is 9.53 Å². The Hall–Kier alpha value is -1.32. The smallest absolute Gasteiger partial charge is 0.328 e. The van der Waals surface area contributed by atoms with Crippen LogP contribution >= 0.6 is 0 Å². The minimum Gasteiger partial charge on any atom is -0.459 e. The number of ether oxygens (including phenoxy) is 1. The summed E-state index contributed by atoms with van der Waals surface area (Å²) in [4.78, 5) is 11.4. The zero-order chi connectivity index (χ0) is 12.8. The van der Waals surface area contributed by atoms with Crippen LogP contribution in [0, 0.1) is 6.92 Å². The first-order valence-corrected chi connectivity index (χ1v) is 5.58. The van der Waals surface area contributed by atoms with Crippen molar-refractivity contribution in [2.24, 2.45) is 0 Å². The van der Waals surface area contributed by atoms with E-state index in [1.165, 1.54) is 0 Å². The van der Waals surface area contributed by atoms with Crippen LogP contribution in [0.25, 0.3) is 0 Å². The molecule has 0 saturated heterocycles. The molecule has 0 fully saturated rings. The van der Waals surface area contributed by atoms with Gasteiger partial charge in [0, 0.05) is 6.20 Å². The number of hydrogen-bond acceptors (Lipinski definition) is 3. The first-order chi connectivity index (χ1) is 7.37. The number of aromatic nitrogens is 2. The molecule has 0 aliphatic rings. The van der Waals surface area contributed by atoms with Crippen molar-refractivity contribution in [3.63, 3.8) is 0 Å². The summed E-state index contributed by atoms with van der Waals surface area (Å²) in [6.45, 7) is 11.6. The third kappa shape index (κ3) is 6.22. The molecule has 0 aliphatic carbocycles. The summed E-state index contributed by atoms with van der Waals surface area (Å²) in [5.74, 6) is -0.263. The summed E-state index contributed by atoms with van der Waals surface area (Å²) in [5, 5.41) is 4.00. The summed E-state index contributed by atoms with van der Waals surface area (Å²) in [5.41, 5.74) is 0.604. The molecule has 1 heterocycles. The average molecular weight is 226 g/mol. The third-order valence-corrected chi connectivity index (χ3v) is 1.47. The lowest BCUT2D eigenvalue weighted by molar-refractivity contribution is -0.155. The molecular weight excluding hydrogens is 204 g/mol. The molecule has 92 valence electrons. The van der Waals surface area contributed by atoms with E-state index in [1.54, 1.807) is 10.9 Å². The van der Waals surface area contributed by atoms with Crippen LogP contribution in [0.3, 0.4) is 0 Å². The Balaban J connectivity index is 0.00000106. The number of esters is 1. The molecule has 0 aliphatic heterocycles. The van der Waals surface area contributed by atoms with Crippen molar-refractivity contribution in [2.45, 2.75) is 53.7 Å². The molecule has 4 heteroatoms. The second kappa shape index (κ2) is 6.30. The molecule has 0 amide bonds. The second-order valence-electron chi connectivity index (χ2n) is 4.30. The average Bonchev–Trinajstić information content (AvgIpc) is 2.51. The molecule has 0 spiro atoms. The molecule has 0 atom stereocenters. The van der Waals surface area contributed by atoms with Gasteiger partial charge in [-0.15, -0.1) is 0 Å². The Morgan fingerprint density at radius 1 is 1.44 bits per heavy atom. The maximum atomic E-state index is 11.4. The van der Waals surface area contributed by atoms with Crippen LogP contribution in [-0.4, -0.2) is 21.4 Å². The highest BCUT2D eigenvalue weighted by molar-refractivity contribution is 5.69. The number of nitrogens with zero attached hydrogens (tertiary/aromatic N) is 2. The van der Waals surface area contributed by atoms with Crippen molar-refractivity contribution in [1.29, 1.82) is 0 Å². The van der Waals surface area contributed by atoms with Gasteiger partial charge in [-0.05, 0) is 33.3 Å². The van der Waals surface area contributed by atoms with E-state index in [1.807, 2.05) is 47.7 Å². The molecule has 0 aromatic carbocycles. The zero-order valence-electron chi connectivity index (χ0n) is 11.1. The Bertz CT molecular complexity index is 324. The number of carbonyl (C=O) groups is 1. The molecular formula is C12H22N2O2. The zero-order valence-corrected chi connectivity index (χ0v) is 11.1. The molecule has 16 heavy (non-hydrogen) atoms. The van der Waals surface area contributed by atoms with E-state index in [0.717, 1.165) is 5.56 Å². The monoisotopic (exact) mass is 226 g/mol. The maximum absolute atomic E-state index is 11.4. The summed E-state index contributed by atoms with van der Waals surface area (Å²) < 4.78 is 6.72. The fourth-order valence-corrected chi connectivity index (χ4v) is 1.06. The Labute approximate surface area is 97.6 Å². The molecule has 0 saturated carbocycles. The van der Waals surface area contributed by atoms with E-state index in [4.69, 9.17) is 4.74 Å². The maximum Gasteiger partial charge on any atom is 0.328 e. The van der Waals surface area contributed by atoms with Crippen LogP contribution in [-0.2, 0) is 16.1 Å². The molecule has 4 nitrogen and oxygen atoms in total. The van der Waals surface area contributed by atoms with E-state index in [0.29, 0.717) is 0 Å². The quantitative estimate of drug-likeness (QED) is 0.728. The topological polar surface area (TPSA) is 44.1 Å². The van der Waals surface area contributed by atoms with Crippen molar-refractivity contribution in [2.75, 3.05) is 0 Å². The van der Waals surface area contributed by atoms with Gasteiger partial charge in [0.2, 0.25) is 0 Å². The Kier molecular flexibility index (Phi) is 5.78. The molecule has 0 unspecified atom stereocenters. The van der Waals surface area contributed by atoms with Crippen LogP contribution in [0.2, 0.25) is 0 Å². The van der Waals surface area contributed by atoms with Crippen LogP contribution in [0.1, 0.15) is 40.2 Å². The van der Waals surface area contributed by atoms with Crippen molar-refractivity contribution in [1.82, 2.24) is 9.78 Å². The number of hydrogen-bond donors (Lipinski definition) is 0. The molecule has 1 aromatic rings. The molecule has 0 N–H and O–H groups in total. The van der Waals surface area contributed by atoms with Gasteiger partial charge in [0.25, 0.3) is 0 Å². The predicted molar refractivity (Wildman–Crippen MR) is 64.2 cm³/mol. The summed E-state index contributed by atoms with van der Waals surface area (Å²) >= 11 is 0. The van der Waals surface area contributed by atoms with Gasteiger partial charge in [-0.3, -0.25) is 9.48 Å². The van der Waals surface area contributed by atoms with Crippen LogP contribution in [0.4, 0.5) is 0 Å². The first kappa shape index (κ1) is 14.7. The van der Waals surface area contributed by atoms with E-state index >= 15 is 0 Å². The number of rotatable bonds is 2. The van der Waals surface area contributed by atoms with Gasteiger partial charge in [0.05, 0.1) is 6.20 Å². The van der Waals surface area contributed by atoms with E-state index in [9.17, 15) is 4.79 Å². The summed E-state index contributed by atoms with van der Waals surface area (Å²) in [6, 6.07) is 0. The number of carbonyl (C=O) groups excluding carboxylic acids is 1. The van der Waals surface area contributed by atoms with Crippen molar-refractivity contribution in [3.8, 4) is 0 Å². The Morgan fingerprint density at radius 2 is 2.00 bits per heavy atom. The first-order valence-electron chi connectivity index (χ1n) is 5.58. The minimum atomic E-state index is -0.431. The van der Waals surface area contributed by atoms with E-state index in [-0.39, 0.29) is 12.5 Å². The van der Waals surface area contributed by atoms with Gasteiger partial charge in [-0.2, -0.15) is 5.10 Å². The molecule has 0 bridgehead atoms. The van der Waals surface area contributed by atoms with Crippen LogP contribution < -0.4 is 0 Å². The van der Waals surface area contributed by atoms with Gasteiger partial charge in [0.1, 0.15) is 12.1 Å². The molecule has 1 aromatic heterocycles. The number of aryl methyl sites for hydroxylation is 1. The lowest BCUT2D eigenvalue weighted by Gasteiger charge is -2.19. The summed E-state index contributed by atoms with van der Waals surface area (Å²) in [6.07, 6.45) is 3.52. The fourth-order valence-electron chi connectivity index (χ4n) is 1.06. The van der Waals surface area contributed by atoms with Gasteiger partial charge >= 0.3 is 5.97 Å². The normalized spacial score (nSPS) is 10.4. The van der Waals surface area contributed by atoms with Gasteiger partial charge < -0.3 is 4.74 Å². The van der Waals surface area contributed by atoms with Gasteiger partial charge in [0.15, 0.2) is 0 Å². The van der Waals surface area contributed by atoms with Crippen LogP contribution in [0.15, 0.2) is 12.4 Å². The fraction of sp³-hybridized carbons (Fsp3) is 0.667. The van der Waals surface area contributed by atoms with Crippen molar-refractivity contribution in [3.05, 3.63) is 18.0 Å². The lowest BCUT2D eigenvalue weighted by Crippen LogP contribution is -2.26. The Morgan fingerprint density at radius 3 is 2.38 bits per heavy atom. The standard InChI is InChI=1S/C10H16N2O2.C2H6/c1-8-5-11-12(6-8)7-9(13)14-10(2,3)4;1-2/h5-6H,7H2,1-4H3;1-2H3. The SMILES string of the molecule is CC.Cc1cnn(CC(=O)OC(C)(C)C)c1. The van der Waals surface area contributed by atoms with Crippen LogP contribution in [0.5, 0.6) is 0 Å².